The third-order valence-electron chi connectivity index (χ3n) is 4.35. The Balaban J connectivity index is 1.48. The van der Waals surface area contributed by atoms with Crippen LogP contribution in [0.1, 0.15) is 37.2 Å². The van der Waals surface area contributed by atoms with Gasteiger partial charge in [-0.25, -0.2) is 0 Å². The molecule has 0 N–H and O–H groups in total. The van der Waals surface area contributed by atoms with Gasteiger partial charge in [0.15, 0.2) is 6.29 Å². The highest BCUT2D eigenvalue weighted by Gasteiger charge is 2.22. The van der Waals surface area contributed by atoms with E-state index in [1.54, 1.807) is 0 Å². The van der Waals surface area contributed by atoms with Crippen molar-refractivity contribution in [2.24, 2.45) is 0 Å². The lowest BCUT2D eigenvalue weighted by Crippen LogP contribution is -2.37. The van der Waals surface area contributed by atoms with Crippen LogP contribution in [0.2, 0.25) is 0 Å². The Kier molecular flexibility index (Phi) is 5.06. The molecule has 1 atom stereocenters. The molecule has 1 aromatic carbocycles. The van der Waals surface area contributed by atoms with Crippen molar-refractivity contribution >= 4 is 0 Å². The minimum atomic E-state index is 0.0286. The summed E-state index contributed by atoms with van der Waals surface area (Å²) in [6, 6.07) is 10.9. The van der Waals surface area contributed by atoms with E-state index in [9.17, 15) is 0 Å². The van der Waals surface area contributed by atoms with Crippen molar-refractivity contribution in [3.05, 3.63) is 35.9 Å². The fraction of sp³-hybridized carbons (Fsp3) is 0.647. The maximum absolute atomic E-state index is 5.63. The second-order valence-corrected chi connectivity index (χ2v) is 5.86. The topological polar surface area (TPSA) is 21.7 Å². The summed E-state index contributed by atoms with van der Waals surface area (Å²) in [6.07, 6.45) is 4.68. The second-order valence-electron chi connectivity index (χ2n) is 5.86. The summed E-state index contributed by atoms with van der Waals surface area (Å²) in [5.74, 6) is 0.693. The SMILES string of the molecule is c1ccc(C2CCCN(CCC3OCCCO3)C2)cc1. The normalized spacial score (nSPS) is 25.7. The Hall–Kier alpha value is -0.900. The fourth-order valence-electron chi connectivity index (χ4n) is 3.25. The standard InChI is InChI=1S/C17H25NO2/c1-2-6-15(7-3-1)16-8-4-10-18(14-16)11-9-17-19-12-5-13-20-17/h1-3,6-7,16-17H,4-5,8-14H2. The average Bonchev–Trinajstić information content (AvgIpc) is 2.55. The molecule has 1 unspecified atom stereocenters. The predicted octanol–water partition coefficient (Wildman–Crippen LogP) is 3.02. The number of benzene rings is 1. The van der Waals surface area contributed by atoms with E-state index in [4.69, 9.17) is 9.47 Å². The molecule has 2 aliphatic rings. The number of hydrogen-bond acceptors (Lipinski definition) is 3. The van der Waals surface area contributed by atoms with Gasteiger partial charge < -0.3 is 14.4 Å². The van der Waals surface area contributed by atoms with Crippen LogP contribution < -0.4 is 0 Å². The number of rotatable bonds is 4. The summed E-state index contributed by atoms with van der Waals surface area (Å²) in [5.41, 5.74) is 1.49. The van der Waals surface area contributed by atoms with E-state index in [0.29, 0.717) is 5.92 Å². The highest BCUT2D eigenvalue weighted by molar-refractivity contribution is 5.20. The van der Waals surface area contributed by atoms with Crippen molar-refractivity contribution in [3.8, 4) is 0 Å². The first-order valence-corrected chi connectivity index (χ1v) is 7.92. The molecule has 3 nitrogen and oxygen atoms in total. The quantitative estimate of drug-likeness (QED) is 0.843. The summed E-state index contributed by atoms with van der Waals surface area (Å²) < 4.78 is 11.3. The van der Waals surface area contributed by atoms with Crippen LogP contribution in [0.3, 0.4) is 0 Å². The van der Waals surface area contributed by atoms with Crippen LogP contribution in [0.5, 0.6) is 0 Å². The van der Waals surface area contributed by atoms with E-state index < -0.39 is 0 Å². The molecule has 3 heteroatoms. The van der Waals surface area contributed by atoms with E-state index in [-0.39, 0.29) is 6.29 Å². The maximum Gasteiger partial charge on any atom is 0.158 e. The van der Waals surface area contributed by atoms with Crippen molar-refractivity contribution in [3.63, 3.8) is 0 Å². The lowest BCUT2D eigenvalue weighted by Gasteiger charge is -2.34. The molecule has 3 rings (SSSR count). The summed E-state index contributed by atoms with van der Waals surface area (Å²) in [7, 11) is 0. The van der Waals surface area contributed by atoms with Gasteiger partial charge >= 0.3 is 0 Å². The second kappa shape index (κ2) is 7.21. The van der Waals surface area contributed by atoms with Gasteiger partial charge in [-0.15, -0.1) is 0 Å². The first-order valence-electron chi connectivity index (χ1n) is 7.92. The number of ether oxygens (including phenoxy) is 2. The van der Waals surface area contributed by atoms with Crippen LogP contribution >= 0.6 is 0 Å². The monoisotopic (exact) mass is 275 g/mol. The van der Waals surface area contributed by atoms with Gasteiger partial charge in [0.05, 0.1) is 13.2 Å². The van der Waals surface area contributed by atoms with Crippen LogP contribution in [0.15, 0.2) is 30.3 Å². The molecule has 0 aromatic heterocycles. The molecule has 0 amide bonds. The molecule has 0 bridgehead atoms. The van der Waals surface area contributed by atoms with Gasteiger partial charge in [-0.3, -0.25) is 0 Å². The lowest BCUT2D eigenvalue weighted by atomic mass is 9.90. The van der Waals surface area contributed by atoms with Gasteiger partial charge in [0.25, 0.3) is 0 Å². The molecule has 2 fully saturated rings. The van der Waals surface area contributed by atoms with Crippen LogP contribution in [0, 0.1) is 0 Å². The van der Waals surface area contributed by atoms with Crippen molar-refractivity contribution in [1.82, 2.24) is 4.90 Å². The van der Waals surface area contributed by atoms with Crippen molar-refractivity contribution in [2.75, 3.05) is 32.8 Å². The molecule has 0 radical (unpaired) electrons. The Morgan fingerprint density at radius 2 is 1.85 bits per heavy atom. The number of piperidine rings is 1. The fourth-order valence-corrected chi connectivity index (χ4v) is 3.25. The number of nitrogens with zero attached hydrogens (tertiary/aromatic N) is 1. The van der Waals surface area contributed by atoms with Gasteiger partial charge in [-0.1, -0.05) is 30.3 Å². The Labute approximate surface area is 121 Å². The van der Waals surface area contributed by atoms with Gasteiger partial charge in [0.2, 0.25) is 0 Å². The summed E-state index contributed by atoms with van der Waals surface area (Å²) in [5, 5.41) is 0. The van der Waals surface area contributed by atoms with Gasteiger partial charge in [0, 0.05) is 19.5 Å². The van der Waals surface area contributed by atoms with E-state index in [2.05, 4.69) is 35.2 Å². The Bertz CT molecular complexity index is 389. The zero-order valence-corrected chi connectivity index (χ0v) is 12.2. The minimum absolute atomic E-state index is 0.0286. The predicted molar refractivity (Wildman–Crippen MR) is 79.8 cm³/mol. The first-order chi connectivity index (χ1) is 9.92. The smallest absolute Gasteiger partial charge is 0.158 e. The van der Waals surface area contributed by atoms with E-state index in [1.807, 2.05) is 0 Å². The molecule has 0 aliphatic carbocycles. The molecule has 0 spiro atoms. The van der Waals surface area contributed by atoms with Gasteiger partial charge in [-0.2, -0.15) is 0 Å². The number of hydrogen-bond donors (Lipinski definition) is 0. The average molecular weight is 275 g/mol. The molecule has 1 aromatic rings. The largest absolute Gasteiger partial charge is 0.353 e. The van der Waals surface area contributed by atoms with Crippen LogP contribution in [0.25, 0.3) is 0 Å². The molecular formula is C17H25NO2. The Morgan fingerprint density at radius 3 is 2.65 bits per heavy atom. The lowest BCUT2D eigenvalue weighted by molar-refractivity contribution is -0.182. The van der Waals surface area contributed by atoms with Crippen molar-refractivity contribution in [2.45, 2.75) is 37.9 Å². The third kappa shape index (κ3) is 3.81. The summed E-state index contributed by atoms with van der Waals surface area (Å²) in [4.78, 5) is 2.57. The van der Waals surface area contributed by atoms with Crippen LogP contribution in [-0.4, -0.2) is 44.0 Å². The van der Waals surface area contributed by atoms with E-state index in [0.717, 1.165) is 32.6 Å². The van der Waals surface area contributed by atoms with E-state index >= 15 is 0 Å². The minimum Gasteiger partial charge on any atom is -0.353 e. The molecule has 110 valence electrons. The molecule has 2 heterocycles. The van der Waals surface area contributed by atoms with Crippen molar-refractivity contribution < 1.29 is 9.47 Å². The third-order valence-corrected chi connectivity index (χ3v) is 4.35. The zero-order valence-electron chi connectivity index (χ0n) is 12.2. The molecule has 0 saturated carbocycles. The zero-order chi connectivity index (χ0) is 13.6. The van der Waals surface area contributed by atoms with Gasteiger partial charge in [-0.05, 0) is 37.3 Å². The number of likely N-dealkylation sites (tertiary alicyclic amines) is 1. The molecular weight excluding hydrogens is 250 g/mol. The highest BCUT2D eigenvalue weighted by Crippen LogP contribution is 2.26. The van der Waals surface area contributed by atoms with Crippen LogP contribution in [0.4, 0.5) is 0 Å². The van der Waals surface area contributed by atoms with E-state index in [1.165, 1.54) is 31.5 Å². The Morgan fingerprint density at radius 1 is 1.05 bits per heavy atom. The van der Waals surface area contributed by atoms with Gasteiger partial charge in [0.1, 0.15) is 0 Å². The molecule has 2 saturated heterocycles. The first kappa shape index (κ1) is 14.1. The summed E-state index contributed by atoms with van der Waals surface area (Å²) in [6.45, 7) is 5.20. The molecule has 2 aliphatic heterocycles. The summed E-state index contributed by atoms with van der Waals surface area (Å²) >= 11 is 0. The van der Waals surface area contributed by atoms with Crippen molar-refractivity contribution in [1.29, 1.82) is 0 Å². The molecule has 20 heavy (non-hydrogen) atoms. The maximum atomic E-state index is 5.63. The highest BCUT2D eigenvalue weighted by atomic mass is 16.7. The van der Waals surface area contributed by atoms with Crippen LogP contribution in [-0.2, 0) is 9.47 Å².